The number of terminal acetylenes is 1. The Balaban J connectivity index is 2.67. The van der Waals surface area contributed by atoms with E-state index in [-0.39, 0.29) is 32.6 Å². The summed E-state index contributed by atoms with van der Waals surface area (Å²) in [5.41, 5.74) is -1.18. The number of hydrogen-bond acceptors (Lipinski definition) is 3. The highest BCUT2D eigenvalue weighted by atomic mass is 35.5. The molecule has 9 heteroatoms. The molecule has 1 aromatic carbocycles. The SMILES string of the molecule is C#Cc1c(-c2c(Cl)cc(C(F)(F)F)cc2Cl)n[nH]c1C(=O)OC. The highest BCUT2D eigenvalue weighted by molar-refractivity contribution is 6.39. The maximum Gasteiger partial charge on any atom is 0.416 e. The van der Waals surface area contributed by atoms with Gasteiger partial charge in [-0.25, -0.2) is 4.79 Å². The lowest BCUT2D eigenvalue weighted by Gasteiger charge is -2.11. The Morgan fingerprint density at radius 3 is 2.35 bits per heavy atom. The smallest absolute Gasteiger partial charge is 0.416 e. The lowest BCUT2D eigenvalue weighted by molar-refractivity contribution is -0.137. The molecule has 0 aliphatic carbocycles. The first-order valence-electron chi connectivity index (χ1n) is 5.90. The molecule has 0 aliphatic rings. The van der Waals surface area contributed by atoms with Crippen LogP contribution >= 0.6 is 23.2 Å². The van der Waals surface area contributed by atoms with Gasteiger partial charge in [0.15, 0.2) is 5.69 Å². The number of methoxy groups -OCH3 is 1. The first-order chi connectivity index (χ1) is 10.7. The predicted molar refractivity (Wildman–Crippen MR) is 78.3 cm³/mol. The van der Waals surface area contributed by atoms with Crippen molar-refractivity contribution in [2.45, 2.75) is 6.18 Å². The molecule has 1 heterocycles. The molecule has 0 radical (unpaired) electrons. The van der Waals surface area contributed by atoms with Crippen LogP contribution in [-0.2, 0) is 10.9 Å². The van der Waals surface area contributed by atoms with Crippen LogP contribution in [0.15, 0.2) is 12.1 Å². The molecule has 1 aromatic heterocycles. The summed E-state index contributed by atoms with van der Waals surface area (Å²) in [5, 5.41) is 5.59. The molecule has 0 unspecified atom stereocenters. The number of rotatable bonds is 2. The number of ether oxygens (including phenoxy) is 1. The summed E-state index contributed by atoms with van der Waals surface area (Å²) in [7, 11) is 1.14. The van der Waals surface area contributed by atoms with Gasteiger partial charge in [0.2, 0.25) is 0 Å². The number of carbonyl (C=O) groups is 1. The molecule has 1 N–H and O–H groups in total. The van der Waals surface area contributed by atoms with Gasteiger partial charge in [-0.2, -0.15) is 18.3 Å². The standard InChI is InChI=1S/C14H7Cl2F3N2O2/c1-3-7-11(20-21-12(7)13(22)23-2)10-8(15)4-6(5-9(10)16)14(17,18)19/h1,4-5H,2H3,(H,20,21). The fourth-order valence-corrected chi connectivity index (χ4v) is 2.54. The number of esters is 1. The van der Waals surface area contributed by atoms with Crippen LogP contribution in [0.5, 0.6) is 0 Å². The minimum atomic E-state index is -4.61. The van der Waals surface area contributed by atoms with Gasteiger partial charge in [0.25, 0.3) is 0 Å². The van der Waals surface area contributed by atoms with Gasteiger partial charge in [0.05, 0.1) is 28.3 Å². The van der Waals surface area contributed by atoms with Gasteiger partial charge in [0.1, 0.15) is 5.69 Å². The Bertz CT molecular complexity index is 799. The van der Waals surface area contributed by atoms with Crippen LogP contribution in [-0.4, -0.2) is 23.3 Å². The quantitative estimate of drug-likeness (QED) is 0.644. The topological polar surface area (TPSA) is 55.0 Å². The second-order valence-corrected chi connectivity index (χ2v) is 5.09. The van der Waals surface area contributed by atoms with Crippen LogP contribution < -0.4 is 0 Å². The summed E-state index contributed by atoms with van der Waals surface area (Å²) in [4.78, 5) is 11.6. The number of alkyl halides is 3. The molecular weight excluding hydrogens is 356 g/mol. The molecule has 120 valence electrons. The maximum atomic E-state index is 12.8. The number of nitrogens with one attached hydrogen (secondary N) is 1. The van der Waals surface area contributed by atoms with E-state index in [1.165, 1.54) is 0 Å². The monoisotopic (exact) mass is 362 g/mol. The van der Waals surface area contributed by atoms with Crippen molar-refractivity contribution < 1.29 is 22.7 Å². The van der Waals surface area contributed by atoms with Gasteiger partial charge in [0, 0.05) is 5.56 Å². The maximum absolute atomic E-state index is 12.8. The number of benzene rings is 1. The van der Waals surface area contributed by atoms with E-state index >= 15 is 0 Å². The molecule has 4 nitrogen and oxygen atoms in total. The lowest BCUT2D eigenvalue weighted by Crippen LogP contribution is -2.05. The molecule has 2 rings (SSSR count). The third kappa shape index (κ3) is 3.14. The second-order valence-electron chi connectivity index (χ2n) is 4.27. The van der Waals surface area contributed by atoms with Gasteiger partial charge in [-0.3, -0.25) is 5.10 Å². The summed E-state index contributed by atoms with van der Waals surface area (Å²) in [6.45, 7) is 0. The van der Waals surface area contributed by atoms with Gasteiger partial charge < -0.3 is 4.74 Å². The van der Waals surface area contributed by atoms with E-state index in [4.69, 9.17) is 29.6 Å². The summed E-state index contributed by atoms with van der Waals surface area (Å²) in [6, 6.07) is 1.41. The number of H-pyrrole nitrogens is 1. The first-order valence-corrected chi connectivity index (χ1v) is 6.66. The number of carbonyl (C=O) groups excluding carboxylic acids is 1. The van der Waals surface area contributed by atoms with Crippen molar-refractivity contribution in [3.8, 4) is 23.6 Å². The molecule has 0 bridgehead atoms. The Morgan fingerprint density at radius 1 is 1.35 bits per heavy atom. The highest BCUT2D eigenvalue weighted by Crippen LogP contribution is 2.41. The van der Waals surface area contributed by atoms with E-state index in [1.807, 2.05) is 0 Å². The van der Waals surface area contributed by atoms with Crippen molar-refractivity contribution in [1.82, 2.24) is 10.2 Å². The van der Waals surface area contributed by atoms with E-state index in [0.29, 0.717) is 12.1 Å². The normalized spacial score (nSPS) is 11.2. The lowest BCUT2D eigenvalue weighted by atomic mass is 10.0. The number of halogens is 5. The fourth-order valence-electron chi connectivity index (χ4n) is 1.88. The van der Waals surface area contributed by atoms with Crippen molar-refractivity contribution >= 4 is 29.2 Å². The average molecular weight is 363 g/mol. The minimum Gasteiger partial charge on any atom is -0.464 e. The predicted octanol–water partition coefficient (Wildman–Crippen LogP) is 4.17. The largest absolute Gasteiger partial charge is 0.464 e. The van der Waals surface area contributed by atoms with E-state index < -0.39 is 17.7 Å². The minimum absolute atomic E-state index is 0.0133. The first kappa shape index (κ1) is 17.2. The number of aromatic nitrogens is 2. The van der Waals surface area contributed by atoms with Crippen molar-refractivity contribution in [2.24, 2.45) is 0 Å². The molecule has 0 saturated carbocycles. The zero-order valence-corrected chi connectivity index (χ0v) is 12.9. The van der Waals surface area contributed by atoms with Crippen LogP contribution in [0.1, 0.15) is 21.6 Å². The van der Waals surface area contributed by atoms with Gasteiger partial charge in [-0.05, 0) is 12.1 Å². The summed E-state index contributed by atoms with van der Waals surface area (Å²) >= 11 is 11.8. The molecule has 0 atom stereocenters. The third-order valence-corrected chi connectivity index (χ3v) is 3.50. The zero-order chi connectivity index (χ0) is 17.4. The number of hydrogen-bond donors (Lipinski definition) is 1. The Morgan fingerprint density at radius 2 is 1.91 bits per heavy atom. The van der Waals surface area contributed by atoms with Crippen molar-refractivity contribution in [1.29, 1.82) is 0 Å². The van der Waals surface area contributed by atoms with Crippen LogP contribution in [0, 0.1) is 12.3 Å². The highest BCUT2D eigenvalue weighted by Gasteiger charge is 2.33. The Hall–Kier alpha value is -2.17. The van der Waals surface area contributed by atoms with E-state index in [0.717, 1.165) is 7.11 Å². The molecule has 0 amide bonds. The zero-order valence-electron chi connectivity index (χ0n) is 11.4. The van der Waals surface area contributed by atoms with Gasteiger partial charge >= 0.3 is 12.1 Å². The number of aromatic amines is 1. The average Bonchev–Trinajstić information content (AvgIpc) is 2.88. The van der Waals surface area contributed by atoms with E-state index in [1.54, 1.807) is 0 Å². The van der Waals surface area contributed by atoms with Crippen LogP contribution in [0.25, 0.3) is 11.3 Å². The molecule has 0 fully saturated rings. The van der Waals surface area contributed by atoms with Gasteiger partial charge in [-0.1, -0.05) is 29.1 Å². The van der Waals surface area contributed by atoms with Crippen LogP contribution in [0.3, 0.4) is 0 Å². The molecule has 0 spiro atoms. The summed E-state index contributed by atoms with van der Waals surface area (Å²) in [6.07, 6.45) is 0.733. The van der Waals surface area contributed by atoms with Crippen molar-refractivity contribution in [3.05, 3.63) is 39.0 Å². The fraction of sp³-hybridized carbons (Fsp3) is 0.143. The molecule has 2 aromatic rings. The third-order valence-electron chi connectivity index (χ3n) is 2.91. The van der Waals surface area contributed by atoms with Crippen LogP contribution in [0.2, 0.25) is 10.0 Å². The summed E-state index contributed by atoms with van der Waals surface area (Å²) in [5.74, 6) is 1.44. The Kier molecular flexibility index (Phi) is 4.59. The summed E-state index contributed by atoms with van der Waals surface area (Å²) < 4.78 is 42.8. The van der Waals surface area contributed by atoms with Crippen molar-refractivity contribution in [2.75, 3.05) is 7.11 Å². The molecular formula is C14H7Cl2F3N2O2. The van der Waals surface area contributed by atoms with Gasteiger partial charge in [-0.15, -0.1) is 6.42 Å². The molecule has 23 heavy (non-hydrogen) atoms. The Labute approximate surface area is 138 Å². The number of nitrogens with zero attached hydrogens (tertiary/aromatic N) is 1. The van der Waals surface area contributed by atoms with E-state index in [2.05, 4.69) is 20.9 Å². The molecule has 0 saturated heterocycles. The van der Waals surface area contributed by atoms with Crippen molar-refractivity contribution in [3.63, 3.8) is 0 Å². The van der Waals surface area contributed by atoms with E-state index in [9.17, 15) is 18.0 Å². The second kappa shape index (κ2) is 6.14. The molecule has 0 aliphatic heterocycles. The van der Waals surface area contributed by atoms with Crippen LogP contribution in [0.4, 0.5) is 13.2 Å².